The topological polar surface area (TPSA) is 142 Å². The number of nitrogens with zero attached hydrogens (tertiary/aromatic N) is 1. The number of nitrogens with one attached hydrogen (secondary N) is 1. The van der Waals surface area contributed by atoms with Gasteiger partial charge in [-0.25, -0.2) is 16.8 Å². The van der Waals surface area contributed by atoms with Gasteiger partial charge < -0.3 is 25.0 Å². The standard InChI is InChI=1S/C28H37BrN2O8S2/c1-20-13-25(5-6-26(20)29)41(36,37)31-11-9-27(10-12-31)15-21(17-39-27)30-16-22(33)18-38-23-3-2-4-24(14-23)40(34,35)28(19-32)7-8-28/h2-6,13-14,21-22,30,32-33H,7-12,15-19H2,1H3. The normalized spacial score (nSPS) is 23.0. The Bertz CT molecular complexity index is 1470. The van der Waals surface area contributed by atoms with Crippen LogP contribution in [0.2, 0.25) is 0 Å². The summed E-state index contributed by atoms with van der Waals surface area (Å²) in [4.78, 5) is 0.399. The maximum absolute atomic E-state index is 13.2. The molecule has 3 N–H and O–H groups in total. The van der Waals surface area contributed by atoms with Crippen molar-refractivity contribution in [3.8, 4) is 5.75 Å². The average molecular weight is 674 g/mol. The molecule has 2 aromatic rings. The van der Waals surface area contributed by atoms with Crippen LogP contribution in [0.4, 0.5) is 0 Å². The molecule has 13 heteroatoms. The van der Waals surface area contributed by atoms with Gasteiger partial charge in [-0.15, -0.1) is 0 Å². The summed E-state index contributed by atoms with van der Waals surface area (Å²) in [5.74, 6) is 0.335. The largest absolute Gasteiger partial charge is 0.491 e. The average Bonchev–Trinajstić information content (AvgIpc) is 3.69. The quantitative estimate of drug-likeness (QED) is 0.328. The van der Waals surface area contributed by atoms with Gasteiger partial charge in [0.2, 0.25) is 10.0 Å². The molecule has 2 atom stereocenters. The lowest BCUT2D eigenvalue weighted by Crippen LogP contribution is -2.47. The number of benzene rings is 2. The van der Waals surface area contributed by atoms with Crippen molar-refractivity contribution in [2.45, 2.75) is 71.3 Å². The van der Waals surface area contributed by atoms with Crippen LogP contribution in [-0.2, 0) is 24.6 Å². The monoisotopic (exact) mass is 672 g/mol. The molecule has 41 heavy (non-hydrogen) atoms. The van der Waals surface area contributed by atoms with E-state index in [-0.39, 0.29) is 29.7 Å². The van der Waals surface area contributed by atoms with E-state index in [2.05, 4.69) is 21.2 Å². The highest BCUT2D eigenvalue weighted by Gasteiger charge is 2.54. The Hall–Kier alpha value is -1.58. The summed E-state index contributed by atoms with van der Waals surface area (Å²) < 4.78 is 65.2. The Balaban J connectivity index is 1.08. The first-order valence-electron chi connectivity index (χ1n) is 13.8. The van der Waals surface area contributed by atoms with E-state index in [9.17, 15) is 27.0 Å². The number of aliphatic hydroxyl groups excluding tert-OH is 2. The minimum atomic E-state index is -3.66. The van der Waals surface area contributed by atoms with Crippen molar-refractivity contribution in [2.75, 3.05) is 39.5 Å². The second-order valence-corrected chi connectivity index (χ2v) is 16.5. The number of hydrogen-bond acceptors (Lipinski definition) is 9. The zero-order valence-corrected chi connectivity index (χ0v) is 26.2. The molecule has 0 amide bonds. The van der Waals surface area contributed by atoms with E-state index in [1.165, 1.54) is 16.4 Å². The Morgan fingerprint density at radius 2 is 1.83 bits per heavy atom. The first kappa shape index (κ1) is 30.9. The molecule has 3 fully saturated rings. The highest BCUT2D eigenvalue weighted by atomic mass is 79.9. The number of aliphatic hydroxyl groups is 2. The number of piperidine rings is 1. The summed E-state index contributed by atoms with van der Waals surface area (Å²) in [6.45, 7) is 2.94. The fourth-order valence-corrected chi connectivity index (χ4v) is 9.18. The van der Waals surface area contributed by atoms with Gasteiger partial charge in [-0.3, -0.25) is 0 Å². The molecule has 2 saturated heterocycles. The van der Waals surface area contributed by atoms with Gasteiger partial charge in [0.05, 0.1) is 33.4 Å². The molecular weight excluding hydrogens is 636 g/mol. The maximum Gasteiger partial charge on any atom is 0.243 e. The van der Waals surface area contributed by atoms with Crippen molar-refractivity contribution >= 4 is 35.8 Å². The van der Waals surface area contributed by atoms with E-state index < -0.39 is 37.3 Å². The summed E-state index contributed by atoms with van der Waals surface area (Å²) in [6, 6.07) is 11.2. The van der Waals surface area contributed by atoms with Crippen LogP contribution in [-0.4, -0.2) is 93.3 Å². The van der Waals surface area contributed by atoms with E-state index in [1.807, 2.05) is 6.92 Å². The summed E-state index contributed by atoms with van der Waals surface area (Å²) in [5.41, 5.74) is 0.478. The number of rotatable bonds is 11. The second kappa shape index (κ2) is 11.8. The number of halogens is 1. The lowest BCUT2D eigenvalue weighted by molar-refractivity contribution is -0.0312. The van der Waals surface area contributed by atoms with Crippen LogP contribution in [0.25, 0.3) is 0 Å². The minimum Gasteiger partial charge on any atom is -0.491 e. The zero-order valence-electron chi connectivity index (χ0n) is 23.0. The third-order valence-corrected chi connectivity index (χ3v) is 13.8. The third kappa shape index (κ3) is 6.37. The zero-order chi connectivity index (χ0) is 29.5. The Labute approximate surface area is 250 Å². The van der Waals surface area contributed by atoms with Crippen molar-refractivity contribution in [1.82, 2.24) is 9.62 Å². The highest BCUT2D eigenvalue weighted by Crippen LogP contribution is 2.46. The summed E-state index contributed by atoms with van der Waals surface area (Å²) in [7, 11) is -7.24. The summed E-state index contributed by atoms with van der Waals surface area (Å²) in [5, 5.41) is 23.4. The fourth-order valence-electron chi connectivity index (χ4n) is 5.57. The van der Waals surface area contributed by atoms with Crippen LogP contribution in [0.3, 0.4) is 0 Å². The predicted octanol–water partition coefficient (Wildman–Crippen LogP) is 2.40. The summed E-state index contributed by atoms with van der Waals surface area (Å²) >= 11 is 3.42. The Morgan fingerprint density at radius 1 is 1.10 bits per heavy atom. The molecule has 1 saturated carbocycles. The maximum atomic E-state index is 13.2. The van der Waals surface area contributed by atoms with Gasteiger partial charge in [-0.2, -0.15) is 4.31 Å². The van der Waals surface area contributed by atoms with Crippen LogP contribution >= 0.6 is 15.9 Å². The number of sulfonamides is 1. The van der Waals surface area contributed by atoms with Gasteiger partial charge in [-0.05, 0) is 81.0 Å². The molecular formula is C28H37BrN2O8S2. The first-order valence-corrected chi connectivity index (χ1v) is 17.5. The third-order valence-electron chi connectivity index (χ3n) is 8.48. The first-order chi connectivity index (χ1) is 19.4. The molecule has 2 aliphatic heterocycles. The molecule has 0 aromatic heterocycles. The van der Waals surface area contributed by atoms with Gasteiger partial charge in [0.1, 0.15) is 18.5 Å². The smallest absolute Gasteiger partial charge is 0.243 e. The van der Waals surface area contributed by atoms with E-state index >= 15 is 0 Å². The van der Waals surface area contributed by atoms with E-state index in [0.717, 1.165) is 16.5 Å². The van der Waals surface area contributed by atoms with E-state index in [0.29, 0.717) is 56.0 Å². The second-order valence-electron chi connectivity index (χ2n) is 11.4. The van der Waals surface area contributed by atoms with Crippen LogP contribution in [0.1, 0.15) is 37.7 Å². The highest BCUT2D eigenvalue weighted by molar-refractivity contribution is 9.10. The van der Waals surface area contributed by atoms with E-state index in [4.69, 9.17) is 9.47 Å². The molecule has 2 aromatic carbocycles. The van der Waals surface area contributed by atoms with Crippen molar-refractivity contribution in [3.63, 3.8) is 0 Å². The molecule has 5 rings (SSSR count). The van der Waals surface area contributed by atoms with Gasteiger partial charge in [0.15, 0.2) is 9.84 Å². The van der Waals surface area contributed by atoms with Crippen LogP contribution in [0.15, 0.2) is 56.7 Å². The minimum absolute atomic E-state index is 0.0172. The van der Waals surface area contributed by atoms with Crippen LogP contribution < -0.4 is 10.1 Å². The lowest BCUT2D eigenvalue weighted by atomic mass is 9.88. The molecule has 0 radical (unpaired) electrons. The summed E-state index contributed by atoms with van der Waals surface area (Å²) in [6.07, 6.45) is 1.97. The molecule has 1 spiro atoms. The lowest BCUT2D eigenvalue weighted by Gasteiger charge is -2.38. The van der Waals surface area contributed by atoms with Crippen LogP contribution in [0, 0.1) is 6.92 Å². The van der Waals surface area contributed by atoms with Gasteiger partial charge in [0.25, 0.3) is 0 Å². The molecule has 3 aliphatic rings. The molecule has 0 bridgehead atoms. The van der Waals surface area contributed by atoms with Crippen molar-refractivity contribution < 1.29 is 36.5 Å². The number of hydrogen-bond donors (Lipinski definition) is 3. The molecule has 2 unspecified atom stereocenters. The fraction of sp³-hybridized carbons (Fsp3) is 0.571. The van der Waals surface area contributed by atoms with Gasteiger partial charge in [-0.1, -0.05) is 22.0 Å². The predicted molar refractivity (Wildman–Crippen MR) is 156 cm³/mol. The number of sulfone groups is 1. The van der Waals surface area contributed by atoms with Gasteiger partial charge >= 0.3 is 0 Å². The Kier molecular flexibility index (Phi) is 8.91. The van der Waals surface area contributed by atoms with Crippen molar-refractivity contribution in [1.29, 1.82) is 0 Å². The van der Waals surface area contributed by atoms with Crippen molar-refractivity contribution in [3.05, 3.63) is 52.5 Å². The van der Waals surface area contributed by atoms with E-state index in [1.54, 1.807) is 30.3 Å². The number of ether oxygens (including phenoxy) is 2. The Morgan fingerprint density at radius 3 is 2.49 bits per heavy atom. The molecule has 226 valence electrons. The van der Waals surface area contributed by atoms with Crippen molar-refractivity contribution in [2.24, 2.45) is 0 Å². The number of aryl methyl sites for hydroxylation is 1. The SMILES string of the molecule is Cc1cc(S(=O)(=O)N2CCC3(CC2)CC(NCC(O)COc2cccc(S(=O)(=O)C4(CO)CC4)c2)CO3)ccc1Br. The van der Waals surface area contributed by atoms with Gasteiger partial charge in [0, 0.05) is 30.1 Å². The molecule has 1 aliphatic carbocycles. The molecule has 10 nitrogen and oxygen atoms in total. The van der Waals surface area contributed by atoms with Crippen LogP contribution in [0.5, 0.6) is 5.75 Å². The molecule has 2 heterocycles.